The van der Waals surface area contributed by atoms with Gasteiger partial charge in [0.05, 0.1) is 11.0 Å². The highest BCUT2D eigenvalue weighted by Crippen LogP contribution is 2.44. The molecule has 0 aromatic heterocycles. The van der Waals surface area contributed by atoms with Crippen molar-refractivity contribution in [2.24, 2.45) is 0 Å². The van der Waals surface area contributed by atoms with E-state index in [-0.39, 0.29) is 22.5 Å². The molecule has 4 unspecified atom stereocenters. The third kappa shape index (κ3) is 2.09. The molecule has 2 aliphatic rings. The molecule has 0 spiro atoms. The van der Waals surface area contributed by atoms with E-state index in [1.807, 2.05) is 18.2 Å². The molecular formula is C15H19NO3S. The molecule has 5 heteroatoms. The van der Waals surface area contributed by atoms with E-state index in [0.717, 1.165) is 12.0 Å². The molecule has 3 rings (SSSR count). The molecule has 1 heterocycles. The summed E-state index contributed by atoms with van der Waals surface area (Å²) in [6, 6.07) is 7.27. The van der Waals surface area contributed by atoms with Crippen LogP contribution in [0.2, 0.25) is 0 Å². The van der Waals surface area contributed by atoms with Gasteiger partial charge in [-0.1, -0.05) is 38.1 Å². The van der Waals surface area contributed by atoms with Gasteiger partial charge in [-0.25, -0.2) is 0 Å². The fourth-order valence-electron chi connectivity index (χ4n) is 3.45. The molecule has 4 nitrogen and oxygen atoms in total. The number of nitrogens with one attached hydrogen (secondary N) is 1. The van der Waals surface area contributed by atoms with Crippen LogP contribution in [-0.2, 0) is 21.0 Å². The van der Waals surface area contributed by atoms with E-state index in [4.69, 9.17) is 0 Å². The molecule has 1 aromatic carbocycles. The van der Waals surface area contributed by atoms with Gasteiger partial charge in [-0.3, -0.25) is 14.3 Å². The normalized spacial score (nSPS) is 34.9. The predicted octanol–water partition coefficient (Wildman–Crippen LogP) is 1.58. The second-order valence-corrected chi connectivity index (χ2v) is 8.00. The topological polar surface area (TPSA) is 66.4 Å². The molecule has 0 saturated carbocycles. The molecule has 108 valence electrons. The van der Waals surface area contributed by atoms with Crippen LogP contribution in [0.5, 0.6) is 0 Å². The van der Waals surface area contributed by atoms with E-state index in [0.29, 0.717) is 0 Å². The average molecular weight is 293 g/mol. The van der Waals surface area contributed by atoms with E-state index in [1.165, 1.54) is 5.56 Å². The Morgan fingerprint density at radius 3 is 2.80 bits per heavy atom. The Hall–Kier alpha value is -1.20. The number of carboxylic acids is 1. The van der Waals surface area contributed by atoms with Gasteiger partial charge in [0.1, 0.15) is 6.04 Å². The van der Waals surface area contributed by atoms with E-state index < -0.39 is 22.8 Å². The van der Waals surface area contributed by atoms with Gasteiger partial charge in [0.25, 0.3) is 0 Å². The fourth-order valence-corrected chi connectivity index (χ4v) is 5.40. The Kier molecular flexibility index (Phi) is 3.21. The van der Waals surface area contributed by atoms with Crippen LogP contribution < -0.4 is 5.32 Å². The summed E-state index contributed by atoms with van der Waals surface area (Å²) in [5.74, 6) is -0.714. The largest absolute Gasteiger partial charge is 0.480 e. The van der Waals surface area contributed by atoms with Crippen molar-refractivity contribution < 1.29 is 14.1 Å². The van der Waals surface area contributed by atoms with Crippen molar-refractivity contribution in [2.75, 3.05) is 5.75 Å². The number of benzene rings is 1. The van der Waals surface area contributed by atoms with Gasteiger partial charge in [-0.15, -0.1) is 0 Å². The molecule has 0 amide bonds. The molecule has 0 radical (unpaired) electrons. The smallest absolute Gasteiger partial charge is 0.321 e. The van der Waals surface area contributed by atoms with E-state index >= 15 is 0 Å². The summed E-state index contributed by atoms with van der Waals surface area (Å²) in [5.41, 5.74) is 2.32. The molecule has 1 fully saturated rings. The number of hydrogen-bond acceptors (Lipinski definition) is 3. The Labute approximate surface area is 121 Å². The zero-order chi connectivity index (χ0) is 14.5. The molecule has 1 saturated heterocycles. The summed E-state index contributed by atoms with van der Waals surface area (Å²) < 4.78 is 12.4. The molecule has 20 heavy (non-hydrogen) atoms. The zero-order valence-corrected chi connectivity index (χ0v) is 12.4. The Morgan fingerprint density at radius 2 is 2.10 bits per heavy atom. The molecule has 4 atom stereocenters. The summed E-state index contributed by atoms with van der Waals surface area (Å²) in [4.78, 5) is 11.2. The lowest BCUT2D eigenvalue weighted by atomic mass is 9.70. The van der Waals surface area contributed by atoms with E-state index in [2.05, 4.69) is 25.2 Å². The number of fused-ring (bicyclic) bond motifs is 3. The monoisotopic (exact) mass is 293 g/mol. The minimum absolute atomic E-state index is 0.00417. The van der Waals surface area contributed by atoms with Crippen LogP contribution in [-0.4, -0.2) is 32.3 Å². The van der Waals surface area contributed by atoms with Crippen LogP contribution in [0.15, 0.2) is 24.3 Å². The number of carbonyl (C=O) groups is 1. The first-order chi connectivity index (χ1) is 9.40. The third-order valence-corrected chi connectivity index (χ3v) is 6.23. The first kappa shape index (κ1) is 13.8. The SMILES string of the molecule is CC1(C)CC2C(NC(C(=O)O)CS2=O)c2ccccc21. The molecule has 1 aliphatic heterocycles. The third-order valence-electron chi connectivity index (χ3n) is 4.46. The minimum Gasteiger partial charge on any atom is -0.480 e. The summed E-state index contributed by atoms with van der Waals surface area (Å²) in [7, 11) is -1.10. The first-order valence-electron chi connectivity index (χ1n) is 6.85. The van der Waals surface area contributed by atoms with Crippen molar-refractivity contribution >= 4 is 16.8 Å². The minimum atomic E-state index is -1.10. The van der Waals surface area contributed by atoms with Gasteiger partial charge in [-0.05, 0) is 23.0 Å². The van der Waals surface area contributed by atoms with Gasteiger partial charge in [-0.2, -0.15) is 0 Å². The highest BCUT2D eigenvalue weighted by molar-refractivity contribution is 7.85. The maximum atomic E-state index is 12.4. The molecule has 1 aliphatic carbocycles. The van der Waals surface area contributed by atoms with Gasteiger partial charge in [0.2, 0.25) is 0 Å². The lowest BCUT2D eigenvalue weighted by molar-refractivity contribution is -0.139. The summed E-state index contributed by atoms with van der Waals surface area (Å²) in [6.45, 7) is 4.34. The van der Waals surface area contributed by atoms with Gasteiger partial charge < -0.3 is 5.11 Å². The van der Waals surface area contributed by atoms with Crippen molar-refractivity contribution in [2.45, 2.75) is 43.0 Å². The van der Waals surface area contributed by atoms with Crippen molar-refractivity contribution in [3.8, 4) is 0 Å². The van der Waals surface area contributed by atoms with Crippen LogP contribution in [0.25, 0.3) is 0 Å². The maximum Gasteiger partial charge on any atom is 0.321 e. The highest BCUT2D eigenvalue weighted by atomic mass is 32.2. The molecule has 1 aromatic rings. The fraction of sp³-hybridized carbons (Fsp3) is 0.533. The Balaban J connectivity index is 2.06. The summed E-state index contributed by atoms with van der Waals surface area (Å²) in [6.07, 6.45) is 0.820. The second-order valence-electron chi connectivity index (χ2n) is 6.30. The molecule has 2 N–H and O–H groups in total. The summed E-state index contributed by atoms with van der Waals surface area (Å²) in [5, 5.41) is 12.4. The number of rotatable bonds is 1. The van der Waals surface area contributed by atoms with E-state index in [9.17, 15) is 14.1 Å². The van der Waals surface area contributed by atoms with Gasteiger partial charge in [0.15, 0.2) is 0 Å². The second kappa shape index (κ2) is 4.67. The van der Waals surface area contributed by atoms with Gasteiger partial charge >= 0.3 is 5.97 Å². The Morgan fingerprint density at radius 1 is 1.40 bits per heavy atom. The van der Waals surface area contributed by atoms with Crippen LogP contribution in [0, 0.1) is 0 Å². The highest BCUT2D eigenvalue weighted by Gasteiger charge is 2.46. The molecular weight excluding hydrogens is 274 g/mol. The van der Waals surface area contributed by atoms with Crippen LogP contribution in [0.3, 0.4) is 0 Å². The van der Waals surface area contributed by atoms with Crippen molar-refractivity contribution in [1.82, 2.24) is 5.32 Å². The van der Waals surface area contributed by atoms with Gasteiger partial charge in [0, 0.05) is 16.8 Å². The predicted molar refractivity (Wildman–Crippen MR) is 78.2 cm³/mol. The van der Waals surface area contributed by atoms with Crippen LogP contribution in [0.4, 0.5) is 0 Å². The zero-order valence-electron chi connectivity index (χ0n) is 11.6. The Bertz CT molecular complexity index is 584. The maximum absolute atomic E-state index is 12.4. The van der Waals surface area contributed by atoms with Crippen molar-refractivity contribution in [1.29, 1.82) is 0 Å². The van der Waals surface area contributed by atoms with Crippen LogP contribution in [0.1, 0.15) is 37.4 Å². The standard InChI is InChI=1S/C15H19NO3S/c1-15(2)7-12-13(9-5-3-4-6-10(9)15)16-11(14(17)18)8-20(12)19/h3-6,11-13,16H,7-8H2,1-2H3,(H,17,18). The van der Waals surface area contributed by atoms with Crippen LogP contribution >= 0.6 is 0 Å². The van der Waals surface area contributed by atoms with E-state index in [1.54, 1.807) is 0 Å². The van der Waals surface area contributed by atoms with Crippen molar-refractivity contribution in [3.63, 3.8) is 0 Å². The molecule has 0 bridgehead atoms. The quantitative estimate of drug-likeness (QED) is 0.825. The lowest BCUT2D eigenvalue weighted by Gasteiger charge is -2.45. The number of carboxylic acid groups (broad SMARTS) is 1. The number of aliphatic carboxylic acids is 1. The van der Waals surface area contributed by atoms with Crippen molar-refractivity contribution in [3.05, 3.63) is 35.4 Å². The lowest BCUT2D eigenvalue weighted by Crippen LogP contribution is -2.56. The first-order valence-corrected chi connectivity index (χ1v) is 8.24. The summed E-state index contributed by atoms with van der Waals surface area (Å²) >= 11 is 0. The average Bonchev–Trinajstić information content (AvgIpc) is 2.40. The number of hydrogen-bond donors (Lipinski definition) is 2.